The van der Waals surface area contributed by atoms with Gasteiger partial charge in [0, 0.05) is 45.3 Å². The highest BCUT2D eigenvalue weighted by atomic mass is 35.5. The third kappa shape index (κ3) is 3.28. The molecule has 0 radical (unpaired) electrons. The van der Waals surface area contributed by atoms with Crippen molar-refractivity contribution in [2.45, 2.75) is 13.5 Å². The molecule has 1 fully saturated rings. The summed E-state index contributed by atoms with van der Waals surface area (Å²) in [7, 11) is -1.25. The number of sulfonamides is 1. The Balaban J connectivity index is 2.00. The highest BCUT2D eigenvalue weighted by Crippen LogP contribution is 2.21. The van der Waals surface area contributed by atoms with Gasteiger partial charge < -0.3 is 0 Å². The van der Waals surface area contributed by atoms with Crippen LogP contribution in [0.15, 0.2) is 0 Å². The Kier molecular flexibility index (Phi) is 4.20. The van der Waals surface area contributed by atoms with Gasteiger partial charge in [0.05, 0.1) is 11.9 Å². The van der Waals surface area contributed by atoms with Crippen LogP contribution in [0.1, 0.15) is 11.3 Å². The van der Waals surface area contributed by atoms with Gasteiger partial charge in [-0.25, -0.2) is 8.42 Å². The smallest absolute Gasteiger partial charge is 0.211 e. The standard InChI is InChI=1S/C11H19ClN4O2S/c1-9-10(11(12)14(2)13-9)8-15-4-6-16(7-5-15)19(3,17)18/h4-8H2,1-3H3. The lowest BCUT2D eigenvalue weighted by Gasteiger charge is -2.33. The zero-order valence-electron chi connectivity index (χ0n) is 11.4. The first kappa shape index (κ1) is 14.8. The fourth-order valence-electron chi connectivity index (χ4n) is 2.30. The first-order chi connectivity index (χ1) is 8.79. The number of aromatic nitrogens is 2. The molecule has 0 bridgehead atoms. The predicted octanol–water partition coefficient (Wildman–Crippen LogP) is 0.459. The Labute approximate surface area is 119 Å². The summed E-state index contributed by atoms with van der Waals surface area (Å²) in [5.74, 6) is 0. The summed E-state index contributed by atoms with van der Waals surface area (Å²) < 4.78 is 26.1. The van der Waals surface area contributed by atoms with Crippen LogP contribution in [0.4, 0.5) is 0 Å². The predicted molar refractivity (Wildman–Crippen MR) is 74.6 cm³/mol. The number of nitrogens with zero attached hydrogens (tertiary/aromatic N) is 4. The average molecular weight is 307 g/mol. The SMILES string of the molecule is Cc1nn(C)c(Cl)c1CN1CCN(S(C)(=O)=O)CC1. The van der Waals surface area contributed by atoms with E-state index in [1.165, 1.54) is 10.6 Å². The zero-order valence-corrected chi connectivity index (χ0v) is 13.0. The Morgan fingerprint density at radius 2 is 1.84 bits per heavy atom. The molecule has 1 saturated heterocycles. The lowest BCUT2D eigenvalue weighted by atomic mass is 10.2. The van der Waals surface area contributed by atoms with Gasteiger partial charge in [-0.05, 0) is 6.92 Å². The lowest BCUT2D eigenvalue weighted by molar-refractivity contribution is 0.182. The summed E-state index contributed by atoms with van der Waals surface area (Å²) >= 11 is 6.20. The van der Waals surface area contributed by atoms with Gasteiger partial charge in [0.25, 0.3) is 0 Å². The van der Waals surface area contributed by atoms with Crippen LogP contribution in [-0.4, -0.2) is 59.8 Å². The minimum Gasteiger partial charge on any atom is -0.296 e. The van der Waals surface area contributed by atoms with Gasteiger partial charge in [0.15, 0.2) is 0 Å². The molecule has 1 aliphatic rings. The second-order valence-electron chi connectivity index (χ2n) is 4.92. The molecular weight excluding hydrogens is 288 g/mol. The monoisotopic (exact) mass is 306 g/mol. The quantitative estimate of drug-likeness (QED) is 0.814. The molecule has 1 aromatic rings. The topological polar surface area (TPSA) is 58.4 Å². The van der Waals surface area contributed by atoms with Crippen molar-refractivity contribution in [3.05, 3.63) is 16.4 Å². The van der Waals surface area contributed by atoms with Crippen molar-refractivity contribution in [1.29, 1.82) is 0 Å². The molecule has 0 saturated carbocycles. The Morgan fingerprint density at radius 3 is 2.26 bits per heavy atom. The van der Waals surface area contributed by atoms with E-state index in [9.17, 15) is 8.42 Å². The van der Waals surface area contributed by atoms with Crippen molar-refractivity contribution in [3.63, 3.8) is 0 Å². The molecule has 0 atom stereocenters. The van der Waals surface area contributed by atoms with Crippen LogP contribution in [0.3, 0.4) is 0 Å². The Hall–Kier alpha value is -0.630. The van der Waals surface area contributed by atoms with E-state index in [2.05, 4.69) is 10.00 Å². The summed E-state index contributed by atoms with van der Waals surface area (Å²) in [5.41, 5.74) is 1.95. The Morgan fingerprint density at radius 1 is 1.26 bits per heavy atom. The Bertz CT molecular complexity index is 561. The van der Waals surface area contributed by atoms with Gasteiger partial charge in [0.2, 0.25) is 10.0 Å². The van der Waals surface area contributed by atoms with Crippen molar-refractivity contribution in [1.82, 2.24) is 19.0 Å². The number of halogens is 1. The molecule has 6 nitrogen and oxygen atoms in total. The number of rotatable bonds is 3. The van der Waals surface area contributed by atoms with E-state index in [0.29, 0.717) is 18.2 Å². The molecule has 108 valence electrons. The van der Waals surface area contributed by atoms with E-state index >= 15 is 0 Å². The summed E-state index contributed by atoms with van der Waals surface area (Å²) in [4.78, 5) is 2.21. The fraction of sp³-hybridized carbons (Fsp3) is 0.727. The van der Waals surface area contributed by atoms with Gasteiger partial charge in [-0.1, -0.05) is 11.6 Å². The second-order valence-corrected chi connectivity index (χ2v) is 7.26. The van der Waals surface area contributed by atoms with Crippen molar-refractivity contribution in [2.24, 2.45) is 7.05 Å². The van der Waals surface area contributed by atoms with Gasteiger partial charge in [-0.15, -0.1) is 0 Å². The van der Waals surface area contributed by atoms with Crippen molar-refractivity contribution >= 4 is 21.6 Å². The van der Waals surface area contributed by atoms with Crippen molar-refractivity contribution < 1.29 is 8.42 Å². The molecule has 1 aliphatic heterocycles. The van der Waals surface area contributed by atoms with E-state index in [1.54, 1.807) is 4.68 Å². The second kappa shape index (κ2) is 5.40. The molecule has 8 heteroatoms. The zero-order chi connectivity index (χ0) is 14.2. The van der Waals surface area contributed by atoms with Crippen LogP contribution in [0.2, 0.25) is 5.15 Å². The number of hydrogen-bond acceptors (Lipinski definition) is 4. The minimum atomic E-state index is -3.07. The largest absolute Gasteiger partial charge is 0.296 e. The van der Waals surface area contributed by atoms with Gasteiger partial charge in [-0.3, -0.25) is 9.58 Å². The average Bonchev–Trinajstić information content (AvgIpc) is 2.56. The van der Waals surface area contributed by atoms with Crippen molar-refractivity contribution in [2.75, 3.05) is 32.4 Å². The highest BCUT2D eigenvalue weighted by Gasteiger charge is 2.24. The molecule has 0 amide bonds. The van der Waals surface area contributed by atoms with E-state index < -0.39 is 10.0 Å². The maximum Gasteiger partial charge on any atom is 0.211 e. The number of aryl methyl sites for hydroxylation is 2. The summed E-state index contributed by atoms with van der Waals surface area (Å²) in [6.07, 6.45) is 1.25. The van der Waals surface area contributed by atoms with Crippen molar-refractivity contribution in [3.8, 4) is 0 Å². The van der Waals surface area contributed by atoms with Crippen LogP contribution in [-0.2, 0) is 23.6 Å². The van der Waals surface area contributed by atoms with Crippen LogP contribution >= 0.6 is 11.6 Å². The summed E-state index contributed by atoms with van der Waals surface area (Å²) in [6, 6.07) is 0. The van der Waals surface area contributed by atoms with Crippen LogP contribution in [0.5, 0.6) is 0 Å². The van der Waals surface area contributed by atoms with E-state index in [1.807, 2.05) is 14.0 Å². The van der Waals surface area contributed by atoms with Gasteiger partial charge >= 0.3 is 0 Å². The third-order valence-electron chi connectivity index (χ3n) is 3.45. The summed E-state index contributed by atoms with van der Waals surface area (Å²) in [5, 5.41) is 4.94. The molecule has 0 unspecified atom stereocenters. The first-order valence-corrected chi connectivity index (χ1v) is 8.37. The van der Waals surface area contributed by atoms with E-state index in [-0.39, 0.29) is 0 Å². The molecule has 0 aromatic carbocycles. The fourth-order valence-corrected chi connectivity index (χ4v) is 3.36. The molecule has 2 heterocycles. The molecule has 2 rings (SSSR count). The molecule has 19 heavy (non-hydrogen) atoms. The van der Waals surface area contributed by atoms with E-state index in [0.717, 1.165) is 30.9 Å². The maximum absolute atomic E-state index is 11.4. The van der Waals surface area contributed by atoms with Gasteiger partial charge in [-0.2, -0.15) is 9.40 Å². The van der Waals surface area contributed by atoms with Crippen LogP contribution in [0.25, 0.3) is 0 Å². The first-order valence-electron chi connectivity index (χ1n) is 6.14. The summed E-state index contributed by atoms with van der Waals surface area (Å²) in [6.45, 7) is 5.17. The third-order valence-corrected chi connectivity index (χ3v) is 5.23. The van der Waals surface area contributed by atoms with Crippen LogP contribution in [0, 0.1) is 6.92 Å². The minimum absolute atomic E-state index is 0.537. The van der Waals surface area contributed by atoms with Gasteiger partial charge in [0.1, 0.15) is 5.15 Å². The van der Waals surface area contributed by atoms with Crippen LogP contribution < -0.4 is 0 Å². The molecule has 0 N–H and O–H groups in total. The molecule has 0 spiro atoms. The number of piperazine rings is 1. The number of hydrogen-bond donors (Lipinski definition) is 0. The molecule has 0 aliphatic carbocycles. The molecule has 1 aromatic heterocycles. The normalized spacial score (nSPS) is 18.9. The van der Waals surface area contributed by atoms with E-state index in [4.69, 9.17) is 11.6 Å². The lowest BCUT2D eigenvalue weighted by Crippen LogP contribution is -2.47. The maximum atomic E-state index is 11.4. The highest BCUT2D eigenvalue weighted by molar-refractivity contribution is 7.88. The molecular formula is C11H19ClN4O2S.